The van der Waals surface area contributed by atoms with Crippen LogP contribution in [0, 0.1) is 0 Å². The van der Waals surface area contributed by atoms with Crippen LogP contribution in [0.2, 0.25) is 0 Å². The summed E-state index contributed by atoms with van der Waals surface area (Å²) in [7, 11) is 0. The van der Waals surface area contributed by atoms with Gasteiger partial charge < -0.3 is 16.2 Å². The highest BCUT2D eigenvalue weighted by atomic mass is 79.9. The van der Waals surface area contributed by atoms with Crippen LogP contribution in [0.5, 0.6) is 0 Å². The van der Waals surface area contributed by atoms with Crippen molar-refractivity contribution >= 4 is 54.5 Å². The summed E-state index contributed by atoms with van der Waals surface area (Å²) >= 11 is 6.93. The van der Waals surface area contributed by atoms with Gasteiger partial charge in [0.2, 0.25) is 0 Å². The monoisotopic (exact) mass is 456 g/mol. The van der Waals surface area contributed by atoms with E-state index in [1.807, 2.05) is 12.1 Å². The second-order valence-corrected chi connectivity index (χ2v) is 6.62. The van der Waals surface area contributed by atoms with Crippen molar-refractivity contribution in [2.45, 2.75) is 44.4 Å². The smallest absolute Gasteiger partial charge is 0.0541 e. The van der Waals surface area contributed by atoms with Gasteiger partial charge in [-0.05, 0) is 59.3 Å². The average molecular weight is 459 g/mol. The maximum atomic E-state index is 9.47. The summed E-state index contributed by atoms with van der Waals surface area (Å²) < 4.78 is 1.95. The standard InChI is InChI=1S/C13H18Br2N2O.BrH/c14-9-5-8(13(16)12(15)6-9)7-17-10-1-3-11(18)4-2-10;/h5-6,10-11,17-18H,1-4,7,16H2;1H. The number of rotatable bonds is 3. The molecule has 1 aromatic carbocycles. The van der Waals surface area contributed by atoms with Crippen LogP contribution in [0.25, 0.3) is 0 Å². The first kappa shape index (κ1) is 17.4. The van der Waals surface area contributed by atoms with Crippen molar-refractivity contribution in [1.29, 1.82) is 0 Å². The molecule has 0 bridgehead atoms. The van der Waals surface area contributed by atoms with E-state index in [-0.39, 0.29) is 23.1 Å². The van der Waals surface area contributed by atoms with E-state index in [2.05, 4.69) is 37.2 Å². The van der Waals surface area contributed by atoms with Crippen LogP contribution in [0.4, 0.5) is 5.69 Å². The Hall–Kier alpha value is 0.380. The molecule has 0 unspecified atom stereocenters. The SMILES string of the molecule is Br.Nc1c(Br)cc(Br)cc1CNC1CCC(O)CC1. The van der Waals surface area contributed by atoms with E-state index in [1.54, 1.807) is 0 Å². The Bertz CT molecular complexity index is 421. The molecule has 2 rings (SSSR count). The lowest BCUT2D eigenvalue weighted by Gasteiger charge is -2.26. The van der Waals surface area contributed by atoms with E-state index >= 15 is 0 Å². The highest BCUT2D eigenvalue weighted by molar-refractivity contribution is 9.11. The first-order valence-corrected chi connectivity index (χ1v) is 7.79. The molecule has 0 atom stereocenters. The molecule has 19 heavy (non-hydrogen) atoms. The minimum atomic E-state index is -0.104. The van der Waals surface area contributed by atoms with Crippen LogP contribution in [-0.2, 0) is 6.54 Å². The number of nitrogen functional groups attached to an aromatic ring is 1. The minimum Gasteiger partial charge on any atom is -0.398 e. The highest BCUT2D eigenvalue weighted by Crippen LogP contribution is 2.28. The van der Waals surface area contributed by atoms with Crippen LogP contribution in [0.15, 0.2) is 21.1 Å². The van der Waals surface area contributed by atoms with E-state index in [0.717, 1.165) is 52.4 Å². The lowest BCUT2D eigenvalue weighted by atomic mass is 9.93. The zero-order valence-electron chi connectivity index (χ0n) is 10.5. The van der Waals surface area contributed by atoms with Gasteiger partial charge in [-0.15, -0.1) is 17.0 Å². The number of benzene rings is 1. The van der Waals surface area contributed by atoms with Gasteiger partial charge in [-0.1, -0.05) is 15.9 Å². The molecule has 0 aromatic heterocycles. The number of aliphatic hydroxyl groups is 1. The molecular weight excluding hydrogens is 440 g/mol. The van der Waals surface area contributed by atoms with Crippen LogP contribution in [-0.4, -0.2) is 17.3 Å². The van der Waals surface area contributed by atoms with Gasteiger partial charge in [0.25, 0.3) is 0 Å². The Labute approximate surface area is 141 Å². The van der Waals surface area contributed by atoms with Gasteiger partial charge >= 0.3 is 0 Å². The zero-order chi connectivity index (χ0) is 13.1. The third-order valence-electron chi connectivity index (χ3n) is 3.46. The fraction of sp³-hybridized carbons (Fsp3) is 0.538. The molecule has 0 aliphatic heterocycles. The third-order valence-corrected chi connectivity index (χ3v) is 4.57. The Morgan fingerprint density at radius 3 is 2.47 bits per heavy atom. The van der Waals surface area contributed by atoms with Crippen molar-refractivity contribution in [2.75, 3.05) is 5.73 Å². The van der Waals surface area contributed by atoms with Gasteiger partial charge in [0.15, 0.2) is 0 Å². The first-order chi connectivity index (χ1) is 8.56. The van der Waals surface area contributed by atoms with Crippen molar-refractivity contribution in [1.82, 2.24) is 5.32 Å². The predicted molar refractivity (Wildman–Crippen MR) is 91.7 cm³/mol. The number of nitrogens with one attached hydrogen (secondary N) is 1. The molecule has 3 nitrogen and oxygen atoms in total. The molecule has 1 aromatic rings. The fourth-order valence-electron chi connectivity index (χ4n) is 2.32. The van der Waals surface area contributed by atoms with Crippen molar-refractivity contribution in [3.8, 4) is 0 Å². The van der Waals surface area contributed by atoms with Gasteiger partial charge in [-0.25, -0.2) is 0 Å². The maximum Gasteiger partial charge on any atom is 0.0541 e. The minimum absolute atomic E-state index is 0. The van der Waals surface area contributed by atoms with Crippen molar-refractivity contribution in [3.63, 3.8) is 0 Å². The molecule has 1 fully saturated rings. The lowest BCUT2D eigenvalue weighted by Crippen LogP contribution is -2.34. The molecule has 0 radical (unpaired) electrons. The Balaban J connectivity index is 0.00000180. The summed E-state index contributed by atoms with van der Waals surface area (Å²) in [5.74, 6) is 0. The first-order valence-electron chi connectivity index (χ1n) is 6.21. The zero-order valence-corrected chi connectivity index (χ0v) is 15.4. The van der Waals surface area contributed by atoms with Crippen molar-refractivity contribution in [3.05, 3.63) is 26.6 Å². The van der Waals surface area contributed by atoms with Crippen LogP contribution in [0.3, 0.4) is 0 Å². The van der Waals surface area contributed by atoms with Gasteiger partial charge in [0.1, 0.15) is 0 Å². The molecule has 0 heterocycles. The molecule has 1 aliphatic carbocycles. The average Bonchev–Trinajstić information content (AvgIpc) is 2.34. The number of halogens is 3. The molecule has 0 spiro atoms. The van der Waals surface area contributed by atoms with Gasteiger partial charge in [-0.2, -0.15) is 0 Å². The predicted octanol–water partition coefficient (Wildman–Crippen LogP) is 3.76. The normalized spacial score (nSPS) is 22.9. The Morgan fingerprint density at radius 2 is 1.84 bits per heavy atom. The highest BCUT2D eigenvalue weighted by Gasteiger charge is 2.19. The van der Waals surface area contributed by atoms with Gasteiger partial charge in [0.05, 0.1) is 11.8 Å². The summed E-state index contributed by atoms with van der Waals surface area (Å²) in [6, 6.07) is 4.49. The topological polar surface area (TPSA) is 58.3 Å². The number of hydrogen-bond acceptors (Lipinski definition) is 3. The largest absolute Gasteiger partial charge is 0.398 e. The fourth-order valence-corrected chi connectivity index (χ4v) is 3.63. The second kappa shape index (κ2) is 7.98. The van der Waals surface area contributed by atoms with E-state index in [9.17, 15) is 5.11 Å². The Morgan fingerprint density at radius 1 is 1.21 bits per heavy atom. The second-order valence-electron chi connectivity index (χ2n) is 4.85. The van der Waals surface area contributed by atoms with E-state index in [4.69, 9.17) is 5.73 Å². The molecule has 108 valence electrons. The van der Waals surface area contributed by atoms with E-state index in [0.29, 0.717) is 6.04 Å². The summed E-state index contributed by atoms with van der Waals surface area (Å²) in [6.07, 6.45) is 3.77. The molecule has 6 heteroatoms. The van der Waals surface area contributed by atoms with Crippen LogP contribution >= 0.6 is 48.8 Å². The lowest BCUT2D eigenvalue weighted by molar-refractivity contribution is 0.116. The van der Waals surface area contributed by atoms with Crippen LogP contribution in [0.1, 0.15) is 31.2 Å². The molecule has 1 saturated carbocycles. The molecule has 1 aliphatic rings. The number of anilines is 1. The quantitative estimate of drug-likeness (QED) is 0.604. The van der Waals surface area contributed by atoms with Crippen molar-refractivity contribution in [2.24, 2.45) is 0 Å². The Kier molecular flexibility index (Phi) is 7.32. The number of aliphatic hydroxyl groups excluding tert-OH is 1. The summed E-state index contributed by atoms with van der Waals surface area (Å²) in [6.45, 7) is 0.768. The van der Waals surface area contributed by atoms with Gasteiger partial charge in [0, 0.05) is 21.5 Å². The molecule has 0 amide bonds. The van der Waals surface area contributed by atoms with Crippen molar-refractivity contribution < 1.29 is 5.11 Å². The maximum absolute atomic E-state index is 9.47. The number of nitrogens with two attached hydrogens (primary N) is 1. The van der Waals surface area contributed by atoms with Crippen LogP contribution < -0.4 is 11.1 Å². The molecule has 4 N–H and O–H groups in total. The summed E-state index contributed by atoms with van der Waals surface area (Å²) in [5, 5.41) is 13.0. The van der Waals surface area contributed by atoms with E-state index < -0.39 is 0 Å². The summed E-state index contributed by atoms with van der Waals surface area (Å²) in [5.41, 5.74) is 7.93. The third kappa shape index (κ3) is 5.01. The van der Waals surface area contributed by atoms with E-state index in [1.165, 1.54) is 0 Å². The molecular formula is C13H19Br3N2O. The summed E-state index contributed by atoms with van der Waals surface area (Å²) in [4.78, 5) is 0. The van der Waals surface area contributed by atoms with Gasteiger partial charge in [-0.3, -0.25) is 0 Å². The number of hydrogen-bond donors (Lipinski definition) is 3. The molecule has 0 saturated heterocycles.